The Morgan fingerprint density at radius 2 is 1.88 bits per heavy atom. The third-order valence-corrected chi connectivity index (χ3v) is 5.41. The fraction of sp³-hybridized carbons (Fsp3) is 0.250. The number of nitrogens with zero attached hydrogens (tertiary/aromatic N) is 6. The molecular formula is C20H19N7O6S. The molecule has 0 spiro atoms. The van der Waals surface area contributed by atoms with Crippen molar-refractivity contribution in [2.24, 2.45) is 5.10 Å². The molecule has 0 aliphatic carbocycles. The van der Waals surface area contributed by atoms with Gasteiger partial charge in [0, 0.05) is 24.7 Å². The summed E-state index contributed by atoms with van der Waals surface area (Å²) in [7, 11) is 0. The van der Waals surface area contributed by atoms with Gasteiger partial charge in [-0.15, -0.1) is 4.37 Å². The van der Waals surface area contributed by atoms with E-state index in [9.17, 15) is 20.2 Å². The van der Waals surface area contributed by atoms with Crippen LogP contribution in [0.5, 0.6) is 5.88 Å². The van der Waals surface area contributed by atoms with Gasteiger partial charge < -0.3 is 14.4 Å². The van der Waals surface area contributed by atoms with E-state index in [0.29, 0.717) is 43.7 Å². The summed E-state index contributed by atoms with van der Waals surface area (Å²) in [5, 5.41) is 26.7. The minimum absolute atomic E-state index is 0.000541. The lowest BCUT2D eigenvalue weighted by Gasteiger charge is -2.26. The molecule has 2 aromatic carbocycles. The monoisotopic (exact) mass is 485 g/mol. The largest absolute Gasteiger partial charge is 0.468 e. The number of nitro groups is 2. The second kappa shape index (κ2) is 10.6. The molecule has 1 N–H and O–H groups in total. The van der Waals surface area contributed by atoms with Gasteiger partial charge in [0.05, 0.1) is 40.9 Å². The maximum absolute atomic E-state index is 11.4. The highest BCUT2D eigenvalue weighted by molar-refractivity contribution is 6.99. The van der Waals surface area contributed by atoms with Crippen molar-refractivity contribution in [2.75, 3.05) is 43.2 Å². The summed E-state index contributed by atoms with van der Waals surface area (Å²) in [6.45, 7) is 2.53. The molecular weight excluding hydrogens is 466 g/mol. The maximum atomic E-state index is 11.4. The van der Waals surface area contributed by atoms with Crippen LogP contribution in [-0.4, -0.2) is 57.2 Å². The van der Waals surface area contributed by atoms with Gasteiger partial charge >= 0.3 is 5.69 Å². The molecule has 3 aromatic rings. The molecule has 1 saturated heterocycles. The number of hydrogen-bond acceptors (Lipinski definition) is 12. The summed E-state index contributed by atoms with van der Waals surface area (Å²) < 4.78 is 19.9. The van der Waals surface area contributed by atoms with Crippen LogP contribution in [0.2, 0.25) is 0 Å². The molecule has 4 rings (SSSR count). The number of aromatic nitrogens is 2. The van der Waals surface area contributed by atoms with Gasteiger partial charge in [-0.1, -0.05) is 30.3 Å². The van der Waals surface area contributed by atoms with Gasteiger partial charge in [-0.05, 0) is 6.07 Å². The molecule has 0 bridgehead atoms. The van der Waals surface area contributed by atoms with Crippen LogP contribution in [-0.2, 0) is 4.74 Å². The van der Waals surface area contributed by atoms with E-state index in [1.807, 2.05) is 35.2 Å². The van der Waals surface area contributed by atoms with Gasteiger partial charge in [-0.25, -0.2) is 0 Å². The van der Waals surface area contributed by atoms with Gasteiger partial charge in [0.15, 0.2) is 0 Å². The van der Waals surface area contributed by atoms with Crippen molar-refractivity contribution in [1.82, 2.24) is 8.75 Å². The molecule has 1 aliphatic rings. The first-order valence-corrected chi connectivity index (χ1v) is 10.8. The number of nitrogens with one attached hydrogen (secondary N) is 1. The van der Waals surface area contributed by atoms with Crippen molar-refractivity contribution in [3.63, 3.8) is 0 Å². The van der Waals surface area contributed by atoms with Gasteiger partial charge in [-0.2, -0.15) is 9.47 Å². The summed E-state index contributed by atoms with van der Waals surface area (Å²) >= 11 is 1.03. The van der Waals surface area contributed by atoms with E-state index in [1.54, 1.807) is 0 Å². The molecule has 0 unspecified atom stereocenters. The summed E-state index contributed by atoms with van der Waals surface area (Å²) in [6.07, 6.45) is 0. The predicted molar refractivity (Wildman–Crippen MR) is 125 cm³/mol. The summed E-state index contributed by atoms with van der Waals surface area (Å²) in [4.78, 5) is 23.0. The standard InChI is InChI=1S/C20H19N7O6S/c28-26(29)15-6-7-16(18(12-15)27(30)31)21-22-17(14-4-2-1-3-5-14)13-33-20-19(23-34-24-20)25-8-10-32-11-9-25/h1-7,12,21H,8-11,13H2/b22-17-. The highest BCUT2D eigenvalue weighted by Crippen LogP contribution is 2.29. The summed E-state index contributed by atoms with van der Waals surface area (Å²) in [5.41, 5.74) is 2.96. The Hall–Kier alpha value is -4.17. The highest BCUT2D eigenvalue weighted by Gasteiger charge is 2.22. The van der Waals surface area contributed by atoms with Crippen molar-refractivity contribution in [3.8, 4) is 5.88 Å². The zero-order valence-corrected chi connectivity index (χ0v) is 18.5. The van der Waals surface area contributed by atoms with Crippen LogP contribution in [0.3, 0.4) is 0 Å². The minimum Gasteiger partial charge on any atom is -0.468 e. The van der Waals surface area contributed by atoms with E-state index in [0.717, 1.165) is 23.4 Å². The molecule has 34 heavy (non-hydrogen) atoms. The lowest BCUT2D eigenvalue weighted by molar-refractivity contribution is -0.393. The topological polar surface area (TPSA) is 158 Å². The zero-order valence-electron chi connectivity index (χ0n) is 17.7. The molecule has 1 aromatic heterocycles. The summed E-state index contributed by atoms with van der Waals surface area (Å²) in [6, 6.07) is 12.4. The maximum Gasteiger partial charge on any atom is 0.301 e. The number of hydrogen-bond donors (Lipinski definition) is 1. The Bertz CT molecular complexity index is 1200. The smallest absolute Gasteiger partial charge is 0.301 e. The quantitative estimate of drug-likeness (QED) is 0.271. The lowest BCUT2D eigenvalue weighted by atomic mass is 10.1. The highest BCUT2D eigenvalue weighted by atomic mass is 32.1. The van der Waals surface area contributed by atoms with Gasteiger partial charge in [0.25, 0.3) is 11.6 Å². The third-order valence-electron chi connectivity index (χ3n) is 4.91. The number of morpholine rings is 1. The van der Waals surface area contributed by atoms with E-state index >= 15 is 0 Å². The van der Waals surface area contributed by atoms with Crippen molar-refractivity contribution in [3.05, 3.63) is 74.3 Å². The summed E-state index contributed by atoms with van der Waals surface area (Å²) in [5.74, 6) is 0.983. The van der Waals surface area contributed by atoms with Gasteiger partial charge in [-0.3, -0.25) is 25.7 Å². The van der Waals surface area contributed by atoms with E-state index in [1.165, 1.54) is 12.1 Å². The Kier molecular flexibility index (Phi) is 7.19. The lowest BCUT2D eigenvalue weighted by Crippen LogP contribution is -2.36. The SMILES string of the molecule is O=[N+]([O-])c1ccc(N/N=C(/COc2nsnc2N2CCOCC2)c2ccccc2)c([N+](=O)[O-])c1. The van der Waals surface area contributed by atoms with E-state index in [4.69, 9.17) is 9.47 Å². The fourth-order valence-corrected chi connectivity index (χ4v) is 3.71. The number of rotatable bonds is 9. The van der Waals surface area contributed by atoms with E-state index in [-0.39, 0.29) is 18.0 Å². The molecule has 0 amide bonds. The second-order valence-electron chi connectivity index (χ2n) is 7.03. The number of anilines is 2. The Balaban J connectivity index is 1.57. The van der Waals surface area contributed by atoms with Crippen LogP contribution in [0.25, 0.3) is 0 Å². The van der Waals surface area contributed by atoms with Crippen LogP contribution in [0.1, 0.15) is 5.56 Å². The average Bonchev–Trinajstić information content (AvgIpc) is 3.33. The van der Waals surface area contributed by atoms with Crippen molar-refractivity contribution in [2.45, 2.75) is 0 Å². The number of nitro benzene ring substituents is 2. The van der Waals surface area contributed by atoms with Gasteiger partial charge in [0.1, 0.15) is 18.0 Å². The fourth-order valence-electron chi connectivity index (χ4n) is 3.19. The normalized spacial score (nSPS) is 14.0. The second-order valence-corrected chi connectivity index (χ2v) is 7.56. The predicted octanol–water partition coefficient (Wildman–Crippen LogP) is 3.09. The Morgan fingerprint density at radius 3 is 2.59 bits per heavy atom. The average molecular weight is 485 g/mol. The molecule has 2 heterocycles. The van der Waals surface area contributed by atoms with E-state index in [2.05, 4.69) is 19.3 Å². The minimum atomic E-state index is -0.709. The molecule has 1 fully saturated rings. The molecule has 0 atom stereocenters. The zero-order chi connectivity index (χ0) is 23.9. The van der Waals surface area contributed by atoms with Crippen LogP contribution in [0.15, 0.2) is 53.6 Å². The third kappa shape index (κ3) is 5.41. The molecule has 14 heteroatoms. The molecule has 0 radical (unpaired) electrons. The molecule has 1 aliphatic heterocycles. The van der Waals surface area contributed by atoms with Crippen LogP contribution in [0, 0.1) is 20.2 Å². The van der Waals surface area contributed by atoms with Gasteiger partial charge in [0.2, 0.25) is 5.82 Å². The number of non-ortho nitro benzene ring substituents is 1. The van der Waals surface area contributed by atoms with Crippen LogP contribution >= 0.6 is 11.7 Å². The Morgan fingerprint density at radius 1 is 1.12 bits per heavy atom. The number of hydrazone groups is 1. The molecule has 0 saturated carbocycles. The van der Waals surface area contributed by atoms with Crippen LogP contribution < -0.4 is 15.1 Å². The Labute approximate surface area is 197 Å². The number of ether oxygens (including phenoxy) is 2. The first kappa shape index (κ1) is 23.0. The number of benzene rings is 2. The molecule has 13 nitrogen and oxygen atoms in total. The van der Waals surface area contributed by atoms with Crippen molar-refractivity contribution < 1.29 is 19.3 Å². The van der Waals surface area contributed by atoms with Crippen molar-refractivity contribution in [1.29, 1.82) is 0 Å². The first-order valence-electron chi connectivity index (χ1n) is 10.1. The first-order chi connectivity index (χ1) is 16.5. The van der Waals surface area contributed by atoms with Crippen LogP contribution in [0.4, 0.5) is 22.9 Å². The van der Waals surface area contributed by atoms with E-state index < -0.39 is 15.5 Å². The van der Waals surface area contributed by atoms with Crippen molar-refractivity contribution >= 4 is 40.3 Å². The molecule has 176 valence electrons.